The summed E-state index contributed by atoms with van der Waals surface area (Å²) in [5, 5.41) is 23.5. The van der Waals surface area contributed by atoms with Crippen LogP contribution in [-0.2, 0) is 46.1 Å². The first-order valence-electron chi connectivity index (χ1n) is 26.8. The molecule has 7 heterocycles. The van der Waals surface area contributed by atoms with Crippen LogP contribution in [0.1, 0.15) is 75.6 Å². The van der Waals surface area contributed by atoms with Crippen LogP contribution in [0.25, 0.3) is 54.7 Å². The van der Waals surface area contributed by atoms with E-state index in [-0.39, 0.29) is 42.7 Å². The molecule has 2 saturated carbocycles. The van der Waals surface area contributed by atoms with E-state index in [9.17, 15) is 5.26 Å². The predicted molar refractivity (Wildman–Crippen MR) is 314 cm³/mol. The van der Waals surface area contributed by atoms with E-state index in [0.717, 1.165) is 68.6 Å². The van der Waals surface area contributed by atoms with Gasteiger partial charge in [-0.3, -0.25) is 9.97 Å². The molecule has 10 aromatic rings. The monoisotopic (exact) mass is 1130 g/mol. The van der Waals surface area contributed by atoms with Crippen molar-refractivity contribution in [2.24, 2.45) is 14.1 Å². The number of aromatic nitrogens is 6. The van der Waals surface area contributed by atoms with E-state index in [0.29, 0.717) is 36.1 Å². The molecule has 13 rings (SSSR count). The van der Waals surface area contributed by atoms with Crippen LogP contribution in [0.15, 0.2) is 163 Å². The summed E-state index contributed by atoms with van der Waals surface area (Å²) in [5.41, 5.74) is 10.1. The molecule has 0 radical (unpaired) electrons. The largest absolute Gasteiger partial charge is 0.494 e. The summed E-state index contributed by atoms with van der Waals surface area (Å²) < 4.78 is 41.1. The van der Waals surface area contributed by atoms with Crippen LogP contribution in [0.5, 0.6) is 11.8 Å². The predicted octanol–water partition coefficient (Wildman–Crippen LogP) is 12.7. The van der Waals surface area contributed by atoms with Gasteiger partial charge in [-0.25, -0.2) is 9.97 Å². The summed E-state index contributed by atoms with van der Waals surface area (Å²) in [6.45, 7) is 9.54. The highest BCUT2D eigenvalue weighted by Gasteiger charge is 2.51. The Labute approximate surface area is 474 Å². The molecule has 0 N–H and O–H groups in total. The number of hydrogen-bond donors (Lipinski definition) is 0. The van der Waals surface area contributed by atoms with Gasteiger partial charge >= 0.3 is 7.12 Å². The Morgan fingerprint density at radius 2 is 1.04 bits per heavy atom. The van der Waals surface area contributed by atoms with Gasteiger partial charge < -0.3 is 37.4 Å². The van der Waals surface area contributed by atoms with Gasteiger partial charge in [0.1, 0.15) is 35.5 Å². The molecule has 1 saturated heterocycles. The van der Waals surface area contributed by atoms with Crippen molar-refractivity contribution < 1.29 is 28.3 Å². The topological polar surface area (TPSA) is 164 Å². The second-order valence-corrected chi connectivity index (χ2v) is 22.5. The summed E-state index contributed by atoms with van der Waals surface area (Å²) >= 11 is 3.30. The lowest BCUT2D eigenvalue weighted by molar-refractivity contribution is -0.0698. The first-order chi connectivity index (χ1) is 38.7. The highest BCUT2D eigenvalue weighted by Crippen LogP contribution is 2.38. The molecular formula is C64H60BBrN8O6. The second kappa shape index (κ2) is 23.0. The van der Waals surface area contributed by atoms with E-state index >= 15 is 0 Å². The molecule has 16 heteroatoms. The van der Waals surface area contributed by atoms with Gasteiger partial charge in [-0.1, -0.05) is 84.9 Å². The fourth-order valence-electron chi connectivity index (χ4n) is 10.2. The molecule has 0 unspecified atom stereocenters. The molecule has 0 bridgehead atoms. The minimum Gasteiger partial charge on any atom is -0.473 e. The molecule has 2 aliphatic carbocycles. The van der Waals surface area contributed by atoms with Crippen LogP contribution in [0.3, 0.4) is 0 Å². The van der Waals surface area contributed by atoms with Crippen molar-refractivity contribution in [1.82, 2.24) is 29.1 Å². The van der Waals surface area contributed by atoms with Gasteiger partial charge in [-0.2, -0.15) is 10.5 Å². The van der Waals surface area contributed by atoms with Crippen molar-refractivity contribution in [2.75, 3.05) is 0 Å². The van der Waals surface area contributed by atoms with Crippen LogP contribution < -0.4 is 14.9 Å². The number of halogens is 1. The standard InChI is InChI=1S/C29H24N4O2.C18H21BN2O2.C17H15BrN2O2/c1-33-27-9-10-31-17-26(27)25-8-7-20(12-28(25)33)22-11-21(15-30)29(32-16-22)35-24-13-23(14-24)34-18-19-5-3-2-4-6-19;1-17(2)18(3,4)23-19(22-17)12-6-7-13-14-11-20-9-8-15(14)21(5)16(13)10-12;18-14-6-13(9-19)17(20-10-14)22-16-7-15(8-16)21-11-12-4-2-1-3-5-12/h2-12,16-17,23-24H,13-14,18H2,1H3;6-11H,1-5H3;1-6,10,15-16H,7-8,11H2. The number of rotatable bonds is 12. The quantitative estimate of drug-likeness (QED) is 0.107. The maximum atomic E-state index is 9.76. The van der Waals surface area contributed by atoms with Crippen LogP contribution in [0, 0.1) is 22.7 Å². The van der Waals surface area contributed by atoms with Crippen LogP contribution in [0.2, 0.25) is 0 Å². The van der Waals surface area contributed by atoms with E-state index in [2.05, 4.69) is 160 Å². The lowest BCUT2D eigenvalue weighted by Crippen LogP contribution is -2.41. The Morgan fingerprint density at radius 1 is 0.550 bits per heavy atom. The smallest absolute Gasteiger partial charge is 0.473 e. The molecular weight excluding hydrogens is 1070 g/mol. The number of pyridine rings is 4. The van der Waals surface area contributed by atoms with Gasteiger partial charge in [0.15, 0.2) is 0 Å². The average Bonchev–Trinajstić information content (AvgIpc) is 4.14. The summed E-state index contributed by atoms with van der Waals surface area (Å²) in [6, 6.07) is 45.0. The Morgan fingerprint density at radius 3 is 1.56 bits per heavy atom. The number of nitrogens with zero attached hydrogens (tertiary/aromatic N) is 8. The van der Waals surface area contributed by atoms with Gasteiger partial charge in [-0.05, 0) is 102 Å². The molecule has 0 spiro atoms. The molecule has 4 aromatic carbocycles. The Bertz CT molecular complexity index is 3920. The molecule has 6 aromatic heterocycles. The number of ether oxygens (including phenoxy) is 4. The third-order valence-electron chi connectivity index (χ3n) is 15.7. The third-order valence-corrected chi connectivity index (χ3v) is 16.2. The van der Waals surface area contributed by atoms with Crippen molar-refractivity contribution >= 4 is 72.1 Å². The molecule has 1 aliphatic heterocycles. The Hall–Kier alpha value is -7.96. The maximum Gasteiger partial charge on any atom is 0.494 e. The first kappa shape index (κ1) is 54.0. The van der Waals surface area contributed by atoms with E-state index in [1.54, 1.807) is 18.5 Å². The van der Waals surface area contributed by atoms with Gasteiger partial charge in [0.05, 0.1) is 47.7 Å². The zero-order chi connectivity index (χ0) is 55.5. The molecule has 14 nitrogen and oxygen atoms in total. The highest BCUT2D eigenvalue weighted by atomic mass is 79.9. The molecule has 80 heavy (non-hydrogen) atoms. The van der Waals surface area contributed by atoms with Gasteiger partial charge in [0.25, 0.3) is 0 Å². The van der Waals surface area contributed by atoms with E-state index in [4.69, 9.17) is 33.5 Å². The minimum atomic E-state index is -0.333. The Balaban J connectivity index is 0.000000132. The van der Waals surface area contributed by atoms with Crippen LogP contribution in [0.4, 0.5) is 0 Å². The minimum absolute atomic E-state index is 0.0157. The number of benzene rings is 4. The zero-order valence-electron chi connectivity index (χ0n) is 45.5. The van der Waals surface area contributed by atoms with Gasteiger partial charge in [-0.15, -0.1) is 0 Å². The number of aryl methyl sites for hydroxylation is 2. The Kier molecular flexibility index (Phi) is 15.5. The van der Waals surface area contributed by atoms with Gasteiger partial charge in [0.2, 0.25) is 11.8 Å². The van der Waals surface area contributed by atoms with E-state index < -0.39 is 0 Å². The maximum absolute atomic E-state index is 9.76. The van der Waals surface area contributed by atoms with Crippen molar-refractivity contribution in [2.45, 2.75) is 102 Å². The number of nitriles is 2. The average molecular weight is 1130 g/mol. The molecule has 3 aliphatic rings. The van der Waals surface area contributed by atoms with Crippen molar-refractivity contribution in [3.8, 4) is 35.0 Å². The number of hydrogen-bond acceptors (Lipinski definition) is 12. The lowest BCUT2D eigenvalue weighted by atomic mass is 9.79. The van der Waals surface area contributed by atoms with Crippen molar-refractivity contribution in [1.29, 1.82) is 10.5 Å². The fraction of sp³-hybridized carbons (Fsp3) is 0.281. The first-order valence-corrected chi connectivity index (χ1v) is 27.6. The van der Waals surface area contributed by atoms with Crippen LogP contribution in [-0.4, -0.2) is 71.8 Å². The van der Waals surface area contributed by atoms with Crippen molar-refractivity contribution in [3.05, 3.63) is 185 Å². The summed E-state index contributed by atoms with van der Waals surface area (Å²) in [4.78, 5) is 17.2. The van der Waals surface area contributed by atoms with Gasteiger partial charge in [0, 0.05) is 120 Å². The summed E-state index contributed by atoms with van der Waals surface area (Å²) in [7, 11) is 3.80. The normalized spacial score (nSPS) is 18.7. The van der Waals surface area contributed by atoms with Crippen LogP contribution >= 0.6 is 15.9 Å². The summed E-state index contributed by atoms with van der Waals surface area (Å²) in [6.07, 6.45) is 14.6. The van der Waals surface area contributed by atoms with Crippen molar-refractivity contribution in [3.63, 3.8) is 0 Å². The molecule has 0 atom stereocenters. The number of fused-ring (bicyclic) bond motifs is 6. The van der Waals surface area contributed by atoms with E-state index in [1.165, 1.54) is 32.9 Å². The second-order valence-electron chi connectivity index (χ2n) is 21.6. The molecule has 0 amide bonds. The summed E-state index contributed by atoms with van der Waals surface area (Å²) in [5.74, 6) is 0.789. The molecule has 402 valence electrons. The SMILES string of the molecule is Cn1c2ccncc2c2ccc(-c3cnc(OC4CC(OCc5ccccc5)C4)c(C#N)c3)cc21.Cn1c2ccncc2c2ccc(B3OC(C)(C)C(C)(C)O3)cc21.N#Cc1cc(Br)cnc1OC1CC(OCc2ccccc2)C1. The van der Waals surface area contributed by atoms with E-state index in [1.807, 2.05) is 79.4 Å². The lowest BCUT2D eigenvalue weighted by Gasteiger charge is -2.35. The third kappa shape index (κ3) is 11.4. The highest BCUT2D eigenvalue weighted by molar-refractivity contribution is 9.10. The molecule has 3 fully saturated rings. The zero-order valence-corrected chi connectivity index (χ0v) is 47.1. The fourth-order valence-corrected chi connectivity index (χ4v) is 10.5.